The van der Waals surface area contributed by atoms with Gasteiger partial charge in [0, 0.05) is 6.61 Å². The lowest BCUT2D eigenvalue weighted by Crippen LogP contribution is -2.48. The van der Waals surface area contributed by atoms with Crippen molar-refractivity contribution in [1.82, 2.24) is 0 Å². The molecule has 0 aromatic carbocycles. The van der Waals surface area contributed by atoms with E-state index in [1.807, 2.05) is 0 Å². The maximum absolute atomic E-state index is 9.95. The third-order valence-electron chi connectivity index (χ3n) is 6.77. The Kier molecular flexibility index (Phi) is 7.80. The van der Waals surface area contributed by atoms with E-state index in [4.69, 9.17) is 0 Å². The molecule has 0 bridgehead atoms. The molecule has 0 radical (unpaired) electrons. The molecule has 0 aliphatic heterocycles. The third kappa shape index (κ3) is 5.72. The quantitative estimate of drug-likeness (QED) is 0.549. The summed E-state index contributed by atoms with van der Waals surface area (Å²) in [4.78, 5) is 0. The van der Waals surface area contributed by atoms with Crippen LogP contribution in [-0.2, 0) is 0 Å². The maximum atomic E-state index is 9.95. The number of rotatable bonds is 3. The van der Waals surface area contributed by atoms with Crippen molar-refractivity contribution in [2.45, 2.75) is 101 Å². The van der Waals surface area contributed by atoms with Gasteiger partial charge in [-0.25, -0.2) is 0 Å². The van der Waals surface area contributed by atoms with Crippen molar-refractivity contribution in [2.75, 3.05) is 6.61 Å². The number of hydrogen-bond donors (Lipinski definition) is 1. The zero-order chi connectivity index (χ0) is 20.3. The van der Waals surface area contributed by atoms with Crippen molar-refractivity contribution in [3.63, 3.8) is 0 Å². The predicted octanol–water partition coefficient (Wildman–Crippen LogP) is 7.56. The van der Waals surface area contributed by atoms with Crippen molar-refractivity contribution in [2.24, 2.45) is 28.1 Å². The molecule has 0 saturated heterocycles. The minimum atomic E-state index is 0.122. The van der Waals surface area contributed by atoms with Gasteiger partial charge in [0.05, 0.1) is 0 Å². The predicted molar refractivity (Wildman–Crippen MR) is 116 cm³/mol. The van der Waals surface area contributed by atoms with Crippen molar-refractivity contribution in [3.05, 3.63) is 22.8 Å². The van der Waals surface area contributed by atoms with Crippen LogP contribution >= 0.6 is 0 Å². The lowest BCUT2D eigenvalue weighted by atomic mass is 9.50. The molecule has 0 aromatic heterocycles. The first-order valence-corrected chi connectivity index (χ1v) is 10.7. The molecular formula is C25H46O. The minimum Gasteiger partial charge on any atom is -0.396 e. The number of allylic oxidation sites excluding steroid dienone is 4. The summed E-state index contributed by atoms with van der Waals surface area (Å²) in [5.41, 5.74) is 5.57. The summed E-state index contributed by atoms with van der Waals surface area (Å²) in [5.74, 6) is 1.27. The van der Waals surface area contributed by atoms with E-state index in [1.165, 1.54) is 37.7 Å². The normalized spacial score (nSPS) is 32.9. The average Bonchev–Trinajstić information content (AvgIpc) is 2.49. The number of aliphatic hydroxyl groups is 1. The second kappa shape index (κ2) is 8.63. The summed E-state index contributed by atoms with van der Waals surface area (Å²) in [7, 11) is 0. The summed E-state index contributed by atoms with van der Waals surface area (Å²) in [6.45, 7) is 23.0. The molecule has 1 saturated carbocycles. The largest absolute Gasteiger partial charge is 0.396 e. The van der Waals surface area contributed by atoms with Crippen molar-refractivity contribution in [1.29, 1.82) is 0 Å². The highest BCUT2D eigenvalue weighted by atomic mass is 16.3. The van der Waals surface area contributed by atoms with Gasteiger partial charge in [0.25, 0.3) is 0 Å². The highest BCUT2D eigenvalue weighted by molar-refractivity contribution is 5.35. The summed E-state index contributed by atoms with van der Waals surface area (Å²) < 4.78 is 0. The Balaban J connectivity index is 0.000000597. The summed E-state index contributed by atoms with van der Waals surface area (Å²) >= 11 is 0. The van der Waals surface area contributed by atoms with Crippen LogP contribution in [0, 0.1) is 28.1 Å². The summed E-state index contributed by atoms with van der Waals surface area (Å²) in [6, 6.07) is 0. The van der Waals surface area contributed by atoms with Gasteiger partial charge < -0.3 is 5.11 Å². The van der Waals surface area contributed by atoms with Crippen LogP contribution in [0.25, 0.3) is 0 Å². The Morgan fingerprint density at radius 2 is 1.73 bits per heavy atom. The van der Waals surface area contributed by atoms with Crippen LogP contribution in [-0.4, -0.2) is 11.7 Å². The van der Waals surface area contributed by atoms with E-state index < -0.39 is 0 Å². The zero-order valence-corrected chi connectivity index (χ0v) is 19.4. The van der Waals surface area contributed by atoms with Crippen molar-refractivity contribution >= 4 is 0 Å². The van der Waals surface area contributed by atoms with Gasteiger partial charge in [0.15, 0.2) is 0 Å². The fourth-order valence-corrected chi connectivity index (χ4v) is 4.76. The van der Waals surface area contributed by atoms with Gasteiger partial charge in [-0.15, -0.1) is 0 Å². The van der Waals surface area contributed by atoms with E-state index in [2.05, 4.69) is 75.3 Å². The molecule has 3 atom stereocenters. The first-order valence-electron chi connectivity index (χ1n) is 10.7. The topological polar surface area (TPSA) is 20.2 Å². The lowest BCUT2D eigenvalue weighted by Gasteiger charge is -2.55. The van der Waals surface area contributed by atoms with Crippen LogP contribution in [0.4, 0.5) is 0 Å². The monoisotopic (exact) mass is 362 g/mol. The van der Waals surface area contributed by atoms with Gasteiger partial charge in [-0.1, -0.05) is 79.0 Å². The molecule has 0 amide bonds. The van der Waals surface area contributed by atoms with Crippen LogP contribution < -0.4 is 0 Å². The number of fused-ring (bicyclic) bond motifs is 1. The van der Waals surface area contributed by atoms with Gasteiger partial charge in [0.1, 0.15) is 0 Å². The lowest BCUT2D eigenvalue weighted by molar-refractivity contribution is -0.0369. The standard InChI is InChI=1S/C20H34O.C5H12/c1-14(2)15(3)12-17-8-9-18-19(5,13-21)10-7-11-20(18,6)16(17)4;1-5(2,3)4/h12,14,18,21H,7-11,13H2,1-6H3;1-4H3/b15-12+;. The Hall–Kier alpha value is -0.560. The number of aliphatic hydroxyl groups excluding tert-OH is 1. The Morgan fingerprint density at radius 3 is 2.19 bits per heavy atom. The molecule has 1 N–H and O–H groups in total. The number of hydrogen-bond acceptors (Lipinski definition) is 1. The van der Waals surface area contributed by atoms with Gasteiger partial charge >= 0.3 is 0 Å². The van der Waals surface area contributed by atoms with E-state index in [9.17, 15) is 5.11 Å². The van der Waals surface area contributed by atoms with Crippen LogP contribution in [0.3, 0.4) is 0 Å². The van der Waals surface area contributed by atoms with Gasteiger partial charge in [-0.2, -0.15) is 0 Å². The second-order valence-electron chi connectivity index (χ2n) is 11.4. The van der Waals surface area contributed by atoms with Crippen LogP contribution in [0.2, 0.25) is 0 Å². The van der Waals surface area contributed by atoms with E-state index in [0.717, 1.165) is 0 Å². The van der Waals surface area contributed by atoms with E-state index in [-0.39, 0.29) is 10.8 Å². The molecule has 2 aliphatic carbocycles. The maximum Gasteiger partial charge on any atom is 0.0487 e. The molecule has 3 unspecified atom stereocenters. The highest BCUT2D eigenvalue weighted by Crippen LogP contribution is 2.59. The summed E-state index contributed by atoms with van der Waals surface area (Å²) in [5, 5.41) is 9.95. The Morgan fingerprint density at radius 1 is 1.19 bits per heavy atom. The van der Waals surface area contributed by atoms with E-state index in [0.29, 0.717) is 23.9 Å². The molecule has 1 fully saturated rings. The minimum absolute atomic E-state index is 0.122. The van der Waals surface area contributed by atoms with Crippen molar-refractivity contribution in [3.8, 4) is 0 Å². The molecule has 152 valence electrons. The average molecular weight is 363 g/mol. The van der Waals surface area contributed by atoms with Crippen LogP contribution in [0.15, 0.2) is 22.8 Å². The van der Waals surface area contributed by atoms with Gasteiger partial charge in [-0.3, -0.25) is 0 Å². The van der Waals surface area contributed by atoms with Gasteiger partial charge in [0.2, 0.25) is 0 Å². The first-order chi connectivity index (χ1) is 11.7. The molecule has 2 rings (SSSR count). The highest BCUT2D eigenvalue weighted by Gasteiger charge is 2.50. The smallest absolute Gasteiger partial charge is 0.0487 e. The molecular weight excluding hydrogens is 316 g/mol. The SMILES string of the molecule is CC(C)(C)C.CC1=C(/C=C(\C)C(C)C)CCC2C(C)(CO)CCCC12C. The van der Waals surface area contributed by atoms with Crippen molar-refractivity contribution < 1.29 is 5.11 Å². The molecule has 2 aliphatic rings. The molecule has 0 spiro atoms. The van der Waals surface area contributed by atoms with Crippen LogP contribution in [0.1, 0.15) is 101 Å². The van der Waals surface area contributed by atoms with Crippen LogP contribution in [0.5, 0.6) is 0 Å². The molecule has 26 heavy (non-hydrogen) atoms. The fourth-order valence-electron chi connectivity index (χ4n) is 4.76. The molecule has 0 heterocycles. The molecule has 0 aromatic rings. The molecule has 1 nitrogen and oxygen atoms in total. The van der Waals surface area contributed by atoms with Gasteiger partial charge in [-0.05, 0) is 73.2 Å². The Bertz CT molecular complexity index is 525. The third-order valence-corrected chi connectivity index (χ3v) is 6.77. The molecule has 1 heteroatoms. The second-order valence-corrected chi connectivity index (χ2v) is 11.4. The first kappa shape index (κ1) is 23.5. The fraction of sp³-hybridized carbons (Fsp3) is 0.840. The van der Waals surface area contributed by atoms with E-state index >= 15 is 0 Å². The Labute approximate surface area is 164 Å². The zero-order valence-electron chi connectivity index (χ0n) is 19.4. The summed E-state index contributed by atoms with van der Waals surface area (Å²) in [6.07, 6.45) is 8.60. The van der Waals surface area contributed by atoms with E-state index in [1.54, 1.807) is 11.1 Å².